The highest BCUT2D eigenvalue weighted by Gasteiger charge is 2.24. The highest BCUT2D eigenvalue weighted by atomic mass is 16.8. The Balaban J connectivity index is 1.23. The van der Waals surface area contributed by atoms with Crippen molar-refractivity contribution in [2.75, 3.05) is 40.5 Å². The standard InChI is InChI=1S/C25H32N4O5/c1-27(2)13-9-19-17-29(23-8-4-3-7-22(19)23)24(30)32-18-33-25(31)34-21-10-14-28(15-11-21)20-6-5-12-26-16-20/h3-5,7-8,12,16-17,21,26H,6,9-11,13-15,18H2,1-2H3. The average Bonchev–Trinajstić information content (AvgIpc) is 3.22. The third-order valence-corrected chi connectivity index (χ3v) is 6.08. The Hall–Kier alpha value is -3.46. The molecule has 0 bridgehead atoms. The number of fused-ring (bicyclic) bond motifs is 1. The first kappa shape index (κ1) is 23.7. The fraction of sp³-hybridized carbons (Fsp3) is 0.440. The molecule has 1 N–H and O–H groups in total. The Labute approximate surface area is 199 Å². The molecule has 2 aliphatic rings. The Morgan fingerprint density at radius 1 is 1.15 bits per heavy atom. The van der Waals surface area contributed by atoms with E-state index >= 15 is 0 Å². The first-order valence-corrected chi connectivity index (χ1v) is 11.6. The van der Waals surface area contributed by atoms with Crippen LogP contribution in [0.15, 0.2) is 54.6 Å². The second kappa shape index (κ2) is 11.1. The van der Waals surface area contributed by atoms with Gasteiger partial charge in [-0.25, -0.2) is 9.59 Å². The van der Waals surface area contributed by atoms with Gasteiger partial charge in [0.05, 0.1) is 5.52 Å². The van der Waals surface area contributed by atoms with Crippen LogP contribution in [0.25, 0.3) is 10.9 Å². The van der Waals surface area contributed by atoms with Crippen LogP contribution in [0.3, 0.4) is 0 Å². The van der Waals surface area contributed by atoms with Crippen molar-refractivity contribution in [1.82, 2.24) is 19.7 Å². The van der Waals surface area contributed by atoms with Gasteiger partial charge in [-0.05, 0) is 38.3 Å². The van der Waals surface area contributed by atoms with E-state index in [2.05, 4.69) is 21.2 Å². The molecule has 0 radical (unpaired) electrons. The first-order chi connectivity index (χ1) is 16.5. The minimum Gasteiger partial charge on any atom is -0.431 e. The highest BCUT2D eigenvalue weighted by molar-refractivity contribution is 5.92. The number of hydrogen-bond donors (Lipinski definition) is 1. The predicted octanol–water partition coefficient (Wildman–Crippen LogP) is 3.65. The van der Waals surface area contributed by atoms with Gasteiger partial charge in [0, 0.05) is 62.4 Å². The van der Waals surface area contributed by atoms with Gasteiger partial charge in [-0.1, -0.05) is 24.3 Å². The topological polar surface area (TPSA) is 85.3 Å². The van der Waals surface area contributed by atoms with Crippen LogP contribution in [0.5, 0.6) is 0 Å². The molecule has 0 unspecified atom stereocenters. The lowest BCUT2D eigenvalue weighted by molar-refractivity contribution is -0.0383. The normalized spacial score (nSPS) is 16.3. The number of carbonyl (C=O) groups excluding carboxylic acids is 2. The zero-order valence-electron chi connectivity index (χ0n) is 19.7. The fourth-order valence-electron chi connectivity index (χ4n) is 4.24. The van der Waals surface area contributed by atoms with Crippen LogP contribution in [0.2, 0.25) is 0 Å². The summed E-state index contributed by atoms with van der Waals surface area (Å²) in [4.78, 5) is 29.1. The fourth-order valence-corrected chi connectivity index (χ4v) is 4.24. The average molecular weight is 469 g/mol. The summed E-state index contributed by atoms with van der Waals surface area (Å²) in [6, 6.07) is 7.67. The van der Waals surface area contributed by atoms with Crippen molar-refractivity contribution in [2.45, 2.75) is 31.8 Å². The number of nitrogens with one attached hydrogen (secondary N) is 1. The van der Waals surface area contributed by atoms with E-state index in [9.17, 15) is 9.59 Å². The molecule has 1 aromatic heterocycles. The van der Waals surface area contributed by atoms with E-state index < -0.39 is 19.0 Å². The molecular weight excluding hydrogens is 436 g/mol. The molecule has 0 atom stereocenters. The number of piperidine rings is 1. The van der Waals surface area contributed by atoms with Gasteiger partial charge in [0.25, 0.3) is 0 Å². The molecule has 2 aliphatic heterocycles. The highest BCUT2D eigenvalue weighted by Crippen LogP contribution is 2.23. The largest absolute Gasteiger partial charge is 0.511 e. The van der Waals surface area contributed by atoms with Crippen LogP contribution in [0, 0.1) is 0 Å². The van der Waals surface area contributed by atoms with Gasteiger partial charge < -0.3 is 29.3 Å². The molecule has 0 saturated carbocycles. The summed E-state index contributed by atoms with van der Waals surface area (Å²) in [7, 11) is 4.02. The smallest absolute Gasteiger partial charge is 0.431 e. The SMILES string of the molecule is CN(C)CCc1cn(C(=O)OCOC(=O)OC2CCN(C3=CNC=CC3)CC2)c2ccccc12. The summed E-state index contributed by atoms with van der Waals surface area (Å²) in [5.41, 5.74) is 3.05. The molecule has 9 heteroatoms. The summed E-state index contributed by atoms with van der Waals surface area (Å²) in [5, 5.41) is 4.11. The number of aromatic nitrogens is 1. The van der Waals surface area contributed by atoms with Gasteiger partial charge in [0.15, 0.2) is 0 Å². The van der Waals surface area contributed by atoms with Crippen LogP contribution in [-0.2, 0) is 20.6 Å². The van der Waals surface area contributed by atoms with Crippen LogP contribution >= 0.6 is 0 Å². The van der Waals surface area contributed by atoms with E-state index in [1.54, 1.807) is 6.20 Å². The molecular formula is C25H32N4O5. The molecule has 2 aromatic rings. The quantitative estimate of drug-likeness (QED) is 0.487. The van der Waals surface area contributed by atoms with Crippen molar-refractivity contribution in [1.29, 1.82) is 0 Å². The molecule has 1 saturated heterocycles. The molecule has 182 valence electrons. The predicted molar refractivity (Wildman–Crippen MR) is 128 cm³/mol. The monoisotopic (exact) mass is 468 g/mol. The maximum atomic E-state index is 12.6. The first-order valence-electron chi connectivity index (χ1n) is 11.6. The maximum Gasteiger partial charge on any atom is 0.511 e. The van der Waals surface area contributed by atoms with Gasteiger partial charge in [-0.3, -0.25) is 4.57 Å². The molecule has 4 rings (SSSR count). The van der Waals surface area contributed by atoms with E-state index in [1.165, 1.54) is 10.3 Å². The van der Waals surface area contributed by atoms with Crippen molar-refractivity contribution in [3.63, 3.8) is 0 Å². The number of allylic oxidation sites excluding steroid dienone is 1. The lowest BCUT2D eigenvalue weighted by Gasteiger charge is -2.34. The summed E-state index contributed by atoms with van der Waals surface area (Å²) >= 11 is 0. The maximum absolute atomic E-state index is 12.6. The Morgan fingerprint density at radius 3 is 2.68 bits per heavy atom. The molecule has 0 amide bonds. The van der Waals surface area contributed by atoms with Crippen LogP contribution in [0.4, 0.5) is 9.59 Å². The number of carbonyl (C=O) groups is 2. The number of nitrogens with zero attached hydrogens (tertiary/aromatic N) is 3. The Bertz CT molecular complexity index is 1070. The summed E-state index contributed by atoms with van der Waals surface area (Å²) in [6.07, 6.45) is 9.32. The van der Waals surface area contributed by atoms with Gasteiger partial charge >= 0.3 is 12.2 Å². The molecule has 1 fully saturated rings. The van der Waals surface area contributed by atoms with Crippen LogP contribution < -0.4 is 5.32 Å². The van der Waals surface area contributed by atoms with Crippen molar-refractivity contribution >= 4 is 23.2 Å². The molecule has 0 spiro atoms. The lowest BCUT2D eigenvalue weighted by atomic mass is 10.1. The van der Waals surface area contributed by atoms with Crippen molar-refractivity contribution in [3.8, 4) is 0 Å². The van der Waals surface area contributed by atoms with Crippen LogP contribution in [0.1, 0.15) is 24.8 Å². The molecule has 34 heavy (non-hydrogen) atoms. The second-order valence-electron chi connectivity index (χ2n) is 8.73. The number of para-hydroxylation sites is 1. The summed E-state index contributed by atoms with van der Waals surface area (Å²) in [6.45, 7) is 1.99. The summed E-state index contributed by atoms with van der Waals surface area (Å²) in [5.74, 6) is 0. The third-order valence-electron chi connectivity index (χ3n) is 6.08. The second-order valence-corrected chi connectivity index (χ2v) is 8.73. The number of ether oxygens (including phenoxy) is 3. The third kappa shape index (κ3) is 5.91. The number of hydrogen-bond acceptors (Lipinski definition) is 8. The molecule has 1 aromatic carbocycles. The van der Waals surface area contributed by atoms with Crippen molar-refractivity contribution in [3.05, 3.63) is 60.2 Å². The molecule has 3 heterocycles. The number of benzene rings is 1. The number of dihydropyridines is 1. The Kier molecular flexibility index (Phi) is 7.74. The van der Waals surface area contributed by atoms with E-state index in [4.69, 9.17) is 14.2 Å². The number of likely N-dealkylation sites (N-methyl/N-ethyl adjacent to an activating group) is 1. The van der Waals surface area contributed by atoms with Gasteiger partial charge in [-0.2, -0.15) is 0 Å². The van der Waals surface area contributed by atoms with Crippen LogP contribution in [-0.4, -0.2) is 73.2 Å². The zero-order valence-corrected chi connectivity index (χ0v) is 19.7. The summed E-state index contributed by atoms with van der Waals surface area (Å²) < 4.78 is 17.1. The van der Waals surface area contributed by atoms with Crippen molar-refractivity contribution in [2.24, 2.45) is 0 Å². The zero-order chi connectivity index (χ0) is 23.9. The van der Waals surface area contributed by atoms with E-state index in [0.717, 1.165) is 61.8 Å². The number of likely N-dealkylation sites (tertiary alicyclic amines) is 1. The van der Waals surface area contributed by atoms with E-state index in [1.807, 2.05) is 50.8 Å². The van der Waals surface area contributed by atoms with Crippen molar-refractivity contribution < 1.29 is 23.8 Å². The van der Waals surface area contributed by atoms with E-state index in [0.29, 0.717) is 0 Å². The molecule has 9 nitrogen and oxygen atoms in total. The number of rotatable bonds is 7. The lowest BCUT2D eigenvalue weighted by Crippen LogP contribution is -2.38. The van der Waals surface area contributed by atoms with E-state index in [-0.39, 0.29) is 6.10 Å². The minimum absolute atomic E-state index is 0.209. The molecule has 0 aliphatic carbocycles. The van der Waals surface area contributed by atoms with Gasteiger partial charge in [-0.15, -0.1) is 0 Å². The Morgan fingerprint density at radius 2 is 1.94 bits per heavy atom. The van der Waals surface area contributed by atoms with Gasteiger partial charge in [0.1, 0.15) is 6.10 Å². The minimum atomic E-state index is -0.822. The van der Waals surface area contributed by atoms with Gasteiger partial charge in [0.2, 0.25) is 6.79 Å².